The third-order valence-electron chi connectivity index (χ3n) is 4.15. The van der Waals surface area contributed by atoms with Crippen molar-refractivity contribution in [1.29, 1.82) is 5.26 Å². The third-order valence-corrected chi connectivity index (χ3v) is 5.32. The Hall–Kier alpha value is -2.06. The minimum atomic E-state index is -0.301. The molecule has 0 aliphatic heterocycles. The van der Waals surface area contributed by atoms with Crippen LogP contribution in [-0.2, 0) is 12.8 Å². The molecule has 2 aromatic heterocycles. The Kier molecular flexibility index (Phi) is 4.30. The number of anilines is 1. The van der Waals surface area contributed by atoms with Gasteiger partial charge in [0.15, 0.2) is 5.76 Å². The second-order valence-corrected chi connectivity index (χ2v) is 6.75. The summed E-state index contributed by atoms with van der Waals surface area (Å²) in [5, 5.41) is 12.9. The molecule has 0 unspecified atom stereocenters. The maximum absolute atomic E-state index is 12.1. The highest BCUT2D eigenvalue weighted by molar-refractivity contribution is 7.16. The van der Waals surface area contributed by atoms with Gasteiger partial charge in [0.1, 0.15) is 11.1 Å². The van der Waals surface area contributed by atoms with E-state index < -0.39 is 0 Å². The summed E-state index contributed by atoms with van der Waals surface area (Å²) in [6.07, 6.45) is 6.99. The number of amides is 1. The molecule has 1 N–H and O–H groups in total. The average molecular weight is 314 g/mol. The quantitative estimate of drug-likeness (QED) is 0.911. The topological polar surface area (TPSA) is 66.0 Å². The second kappa shape index (κ2) is 6.37. The van der Waals surface area contributed by atoms with E-state index in [0.717, 1.165) is 24.8 Å². The van der Waals surface area contributed by atoms with Gasteiger partial charge in [-0.15, -0.1) is 11.3 Å². The van der Waals surface area contributed by atoms with Crippen LogP contribution in [0.4, 0.5) is 5.00 Å². The SMILES string of the molecule is CCC[C@H]1CCc2c(sc(NC(=O)c3ccco3)c2C#N)C1. The van der Waals surface area contributed by atoms with Crippen molar-refractivity contribution in [3.05, 3.63) is 40.2 Å². The fourth-order valence-electron chi connectivity index (χ4n) is 3.09. The fourth-order valence-corrected chi connectivity index (χ4v) is 4.40. The number of carbonyl (C=O) groups is 1. The molecule has 0 saturated carbocycles. The number of hydrogen-bond acceptors (Lipinski definition) is 4. The van der Waals surface area contributed by atoms with Gasteiger partial charge in [0.25, 0.3) is 5.91 Å². The van der Waals surface area contributed by atoms with Crippen molar-refractivity contribution < 1.29 is 9.21 Å². The van der Waals surface area contributed by atoms with Gasteiger partial charge in [-0.25, -0.2) is 0 Å². The van der Waals surface area contributed by atoms with Gasteiger partial charge < -0.3 is 9.73 Å². The molecular formula is C17H18N2O2S. The molecule has 1 atom stereocenters. The zero-order valence-corrected chi connectivity index (χ0v) is 13.3. The van der Waals surface area contributed by atoms with Gasteiger partial charge in [-0.2, -0.15) is 5.26 Å². The summed E-state index contributed by atoms with van der Waals surface area (Å²) in [6.45, 7) is 2.21. The van der Waals surface area contributed by atoms with Crippen LogP contribution in [0.3, 0.4) is 0 Å². The Labute approximate surface area is 133 Å². The first-order valence-electron chi connectivity index (χ1n) is 7.62. The van der Waals surface area contributed by atoms with Crippen molar-refractivity contribution in [2.45, 2.75) is 39.0 Å². The minimum Gasteiger partial charge on any atom is -0.459 e. The van der Waals surface area contributed by atoms with E-state index in [2.05, 4.69) is 18.3 Å². The van der Waals surface area contributed by atoms with Crippen molar-refractivity contribution in [2.75, 3.05) is 5.32 Å². The highest BCUT2D eigenvalue weighted by Crippen LogP contribution is 2.40. The maximum Gasteiger partial charge on any atom is 0.291 e. The number of fused-ring (bicyclic) bond motifs is 1. The highest BCUT2D eigenvalue weighted by atomic mass is 32.1. The number of rotatable bonds is 4. The molecule has 22 heavy (non-hydrogen) atoms. The molecule has 1 aliphatic carbocycles. The molecule has 0 radical (unpaired) electrons. The van der Waals surface area contributed by atoms with Crippen molar-refractivity contribution in [3.63, 3.8) is 0 Å². The molecule has 0 aromatic carbocycles. The van der Waals surface area contributed by atoms with E-state index in [1.165, 1.54) is 24.0 Å². The lowest BCUT2D eigenvalue weighted by atomic mass is 9.85. The summed E-state index contributed by atoms with van der Waals surface area (Å²) in [5.41, 5.74) is 1.77. The summed E-state index contributed by atoms with van der Waals surface area (Å²) in [4.78, 5) is 13.4. The van der Waals surface area contributed by atoms with Crippen LogP contribution in [0.15, 0.2) is 22.8 Å². The van der Waals surface area contributed by atoms with Crippen LogP contribution in [-0.4, -0.2) is 5.91 Å². The summed E-state index contributed by atoms with van der Waals surface area (Å²) < 4.78 is 5.10. The summed E-state index contributed by atoms with van der Waals surface area (Å²) >= 11 is 1.55. The summed E-state index contributed by atoms with van der Waals surface area (Å²) in [7, 11) is 0. The predicted octanol–water partition coefficient (Wildman–Crippen LogP) is 4.37. The Bertz CT molecular complexity index is 710. The highest BCUT2D eigenvalue weighted by Gasteiger charge is 2.26. The second-order valence-electron chi connectivity index (χ2n) is 5.65. The lowest BCUT2D eigenvalue weighted by Crippen LogP contribution is -2.13. The zero-order valence-electron chi connectivity index (χ0n) is 12.5. The van der Waals surface area contributed by atoms with Crippen LogP contribution in [0.5, 0.6) is 0 Å². The van der Waals surface area contributed by atoms with Gasteiger partial charge >= 0.3 is 0 Å². The van der Waals surface area contributed by atoms with Gasteiger partial charge in [0.05, 0.1) is 11.8 Å². The largest absolute Gasteiger partial charge is 0.459 e. The maximum atomic E-state index is 12.1. The van der Waals surface area contributed by atoms with Crippen LogP contribution in [0.1, 0.15) is 52.7 Å². The summed E-state index contributed by atoms with van der Waals surface area (Å²) in [6, 6.07) is 5.56. The molecule has 0 saturated heterocycles. The molecule has 0 spiro atoms. The molecule has 3 rings (SSSR count). The van der Waals surface area contributed by atoms with Crippen molar-refractivity contribution in [1.82, 2.24) is 0 Å². The number of hydrogen-bond donors (Lipinski definition) is 1. The number of nitriles is 1. The molecule has 1 aliphatic rings. The van der Waals surface area contributed by atoms with Crippen LogP contribution in [0.25, 0.3) is 0 Å². The first-order chi connectivity index (χ1) is 10.7. The minimum absolute atomic E-state index is 0.263. The molecule has 5 heteroatoms. The number of nitrogens with zero attached hydrogens (tertiary/aromatic N) is 1. The monoisotopic (exact) mass is 314 g/mol. The standard InChI is InChI=1S/C17H18N2O2S/c1-2-4-11-6-7-12-13(10-18)17(22-15(12)9-11)19-16(20)14-5-3-8-21-14/h3,5,8,11H,2,4,6-7,9H2,1H3,(H,19,20)/t11-/m0/s1. The summed E-state index contributed by atoms with van der Waals surface area (Å²) in [5.74, 6) is 0.667. The Balaban J connectivity index is 1.84. The molecule has 4 nitrogen and oxygen atoms in total. The molecule has 2 aromatic rings. The van der Waals surface area contributed by atoms with Crippen LogP contribution in [0, 0.1) is 17.2 Å². The molecular weight excluding hydrogens is 296 g/mol. The first kappa shape index (κ1) is 14.9. The lowest BCUT2D eigenvalue weighted by Gasteiger charge is -2.21. The lowest BCUT2D eigenvalue weighted by molar-refractivity contribution is 0.0997. The van der Waals surface area contributed by atoms with Gasteiger partial charge in [-0.05, 0) is 42.9 Å². The van der Waals surface area contributed by atoms with E-state index >= 15 is 0 Å². The van der Waals surface area contributed by atoms with Crippen LogP contribution in [0.2, 0.25) is 0 Å². The number of furan rings is 1. The van der Waals surface area contributed by atoms with Gasteiger partial charge in [0.2, 0.25) is 0 Å². The number of carbonyl (C=O) groups excluding carboxylic acids is 1. The Morgan fingerprint density at radius 3 is 3.14 bits per heavy atom. The van der Waals surface area contributed by atoms with Gasteiger partial charge in [0, 0.05) is 4.88 Å². The molecule has 1 amide bonds. The van der Waals surface area contributed by atoms with Crippen molar-refractivity contribution >= 4 is 22.2 Å². The molecule has 0 fully saturated rings. The number of nitrogens with one attached hydrogen (secondary N) is 1. The van der Waals surface area contributed by atoms with Crippen molar-refractivity contribution in [3.8, 4) is 6.07 Å². The fraction of sp³-hybridized carbons (Fsp3) is 0.412. The molecule has 2 heterocycles. The van der Waals surface area contributed by atoms with E-state index in [4.69, 9.17) is 4.42 Å². The average Bonchev–Trinajstić information content (AvgIpc) is 3.14. The molecule has 114 valence electrons. The molecule has 0 bridgehead atoms. The van der Waals surface area contributed by atoms with Crippen LogP contribution < -0.4 is 5.32 Å². The Morgan fingerprint density at radius 1 is 1.59 bits per heavy atom. The van der Waals surface area contributed by atoms with Gasteiger partial charge in [-0.1, -0.05) is 19.8 Å². The zero-order chi connectivity index (χ0) is 15.5. The Morgan fingerprint density at radius 2 is 2.45 bits per heavy atom. The smallest absolute Gasteiger partial charge is 0.291 e. The van der Waals surface area contributed by atoms with E-state index in [9.17, 15) is 10.1 Å². The van der Waals surface area contributed by atoms with E-state index in [1.54, 1.807) is 23.5 Å². The predicted molar refractivity (Wildman–Crippen MR) is 86.1 cm³/mol. The third kappa shape index (κ3) is 2.79. The van der Waals surface area contributed by atoms with E-state index in [1.807, 2.05) is 0 Å². The normalized spacial score (nSPS) is 16.8. The number of thiophene rings is 1. The van der Waals surface area contributed by atoms with Gasteiger partial charge in [-0.3, -0.25) is 4.79 Å². The van der Waals surface area contributed by atoms with E-state index in [0.29, 0.717) is 16.5 Å². The first-order valence-corrected chi connectivity index (χ1v) is 8.44. The van der Waals surface area contributed by atoms with E-state index in [-0.39, 0.29) is 11.7 Å². The van der Waals surface area contributed by atoms with Crippen LogP contribution >= 0.6 is 11.3 Å². The van der Waals surface area contributed by atoms with Crippen molar-refractivity contribution in [2.24, 2.45) is 5.92 Å².